The molecule has 0 aliphatic carbocycles. The zero-order chi connectivity index (χ0) is 20.8. The van der Waals surface area contributed by atoms with Crippen molar-refractivity contribution in [3.8, 4) is 5.75 Å². The van der Waals surface area contributed by atoms with E-state index in [9.17, 15) is 14.0 Å². The summed E-state index contributed by atoms with van der Waals surface area (Å²) >= 11 is 4.94. The second-order valence-corrected chi connectivity index (χ2v) is 6.55. The second kappa shape index (κ2) is 9.11. The fourth-order valence-electron chi connectivity index (χ4n) is 2.57. The molecule has 3 N–H and O–H groups in total. The molecule has 0 heterocycles. The van der Waals surface area contributed by atoms with Crippen LogP contribution in [0.15, 0.2) is 66.7 Å². The summed E-state index contributed by atoms with van der Waals surface area (Å²) in [5.74, 6) is -1.35. The summed E-state index contributed by atoms with van der Waals surface area (Å²) in [4.78, 5) is 24.2. The van der Waals surface area contributed by atoms with Crippen molar-refractivity contribution in [2.45, 2.75) is 13.0 Å². The quantitative estimate of drug-likeness (QED) is 0.454. The molecule has 3 aromatic rings. The smallest absolute Gasteiger partial charge is 0.279 e. The van der Waals surface area contributed by atoms with Crippen molar-refractivity contribution >= 4 is 39.9 Å². The van der Waals surface area contributed by atoms with Crippen LogP contribution >= 0.6 is 12.2 Å². The van der Waals surface area contributed by atoms with Gasteiger partial charge in [0.15, 0.2) is 11.2 Å². The Kier molecular flexibility index (Phi) is 6.36. The predicted molar refractivity (Wildman–Crippen MR) is 112 cm³/mol. The minimum Gasteiger partial charge on any atom is -0.481 e. The number of carbonyl (C=O) groups excluding carboxylic acids is 2. The summed E-state index contributed by atoms with van der Waals surface area (Å²) in [6.45, 7) is 1.58. The molecule has 0 aliphatic rings. The minimum atomic E-state index is -0.825. The topological polar surface area (TPSA) is 79.5 Å². The first kappa shape index (κ1) is 20.2. The van der Waals surface area contributed by atoms with Gasteiger partial charge in [-0.3, -0.25) is 25.8 Å². The lowest BCUT2D eigenvalue weighted by Crippen LogP contribution is -2.51. The van der Waals surface area contributed by atoms with Crippen LogP contribution in [0.5, 0.6) is 5.75 Å². The van der Waals surface area contributed by atoms with Gasteiger partial charge in [0.05, 0.1) is 5.56 Å². The van der Waals surface area contributed by atoms with E-state index in [2.05, 4.69) is 16.2 Å². The van der Waals surface area contributed by atoms with Gasteiger partial charge in [0.2, 0.25) is 0 Å². The van der Waals surface area contributed by atoms with Crippen LogP contribution in [0.3, 0.4) is 0 Å². The van der Waals surface area contributed by atoms with E-state index >= 15 is 0 Å². The highest BCUT2D eigenvalue weighted by atomic mass is 32.1. The zero-order valence-corrected chi connectivity index (χ0v) is 16.3. The molecule has 0 bridgehead atoms. The SMILES string of the molecule is CC(Oc1ccc2ccccc2c1)C(=O)NNC(=S)NC(=O)c1ccccc1F. The molecule has 29 heavy (non-hydrogen) atoms. The third-order valence-corrected chi connectivity index (χ3v) is 4.25. The maximum Gasteiger partial charge on any atom is 0.279 e. The molecule has 0 fully saturated rings. The fourth-order valence-corrected chi connectivity index (χ4v) is 2.71. The van der Waals surface area contributed by atoms with Crippen LogP contribution in [0, 0.1) is 5.82 Å². The summed E-state index contributed by atoms with van der Waals surface area (Å²) < 4.78 is 19.3. The van der Waals surface area contributed by atoms with E-state index in [1.165, 1.54) is 24.3 Å². The number of hydrogen-bond acceptors (Lipinski definition) is 4. The highest BCUT2D eigenvalue weighted by Crippen LogP contribution is 2.21. The second-order valence-electron chi connectivity index (χ2n) is 6.15. The number of benzene rings is 3. The number of carbonyl (C=O) groups is 2. The summed E-state index contributed by atoms with van der Waals surface area (Å²) in [5.41, 5.74) is 4.59. The Bertz CT molecular complexity index is 1070. The van der Waals surface area contributed by atoms with E-state index in [1.807, 2.05) is 36.4 Å². The van der Waals surface area contributed by atoms with Crippen LogP contribution in [0.4, 0.5) is 4.39 Å². The zero-order valence-electron chi connectivity index (χ0n) is 15.4. The number of nitrogens with one attached hydrogen (secondary N) is 3. The normalized spacial score (nSPS) is 11.4. The van der Waals surface area contributed by atoms with Gasteiger partial charge in [-0.2, -0.15) is 0 Å². The molecular formula is C21H18FN3O3S. The Hall–Kier alpha value is -3.52. The van der Waals surface area contributed by atoms with E-state index in [0.717, 1.165) is 10.8 Å². The van der Waals surface area contributed by atoms with Gasteiger partial charge in [0, 0.05) is 0 Å². The van der Waals surface area contributed by atoms with Crippen LogP contribution in [-0.4, -0.2) is 23.0 Å². The van der Waals surface area contributed by atoms with Gasteiger partial charge >= 0.3 is 0 Å². The highest BCUT2D eigenvalue weighted by molar-refractivity contribution is 7.80. The van der Waals surface area contributed by atoms with Crippen LogP contribution in [-0.2, 0) is 4.79 Å². The largest absolute Gasteiger partial charge is 0.481 e. The van der Waals surface area contributed by atoms with E-state index < -0.39 is 23.7 Å². The number of amides is 2. The monoisotopic (exact) mass is 411 g/mol. The lowest BCUT2D eigenvalue weighted by molar-refractivity contribution is -0.127. The van der Waals surface area contributed by atoms with Crippen LogP contribution in [0.1, 0.15) is 17.3 Å². The number of rotatable bonds is 4. The van der Waals surface area contributed by atoms with Crippen molar-refractivity contribution in [2.75, 3.05) is 0 Å². The van der Waals surface area contributed by atoms with E-state index in [4.69, 9.17) is 17.0 Å². The maximum absolute atomic E-state index is 13.6. The summed E-state index contributed by atoms with van der Waals surface area (Å²) in [7, 11) is 0. The van der Waals surface area contributed by atoms with Crippen molar-refractivity contribution in [3.05, 3.63) is 78.1 Å². The van der Waals surface area contributed by atoms with Crippen molar-refractivity contribution in [3.63, 3.8) is 0 Å². The molecule has 0 aliphatic heterocycles. The molecule has 0 spiro atoms. The molecule has 3 rings (SSSR count). The molecule has 0 aromatic heterocycles. The van der Waals surface area contributed by atoms with Crippen molar-refractivity contribution in [1.29, 1.82) is 0 Å². The molecule has 1 atom stereocenters. The van der Waals surface area contributed by atoms with Crippen molar-refractivity contribution in [2.24, 2.45) is 0 Å². The molecule has 0 saturated heterocycles. The molecule has 0 radical (unpaired) electrons. The Morgan fingerprint density at radius 1 is 0.966 bits per heavy atom. The number of thiocarbonyl (C=S) groups is 1. The van der Waals surface area contributed by atoms with E-state index in [-0.39, 0.29) is 10.7 Å². The van der Waals surface area contributed by atoms with Gasteiger partial charge in [0.25, 0.3) is 11.8 Å². The summed E-state index contributed by atoms with van der Waals surface area (Å²) in [6, 6.07) is 18.8. The van der Waals surface area contributed by atoms with Crippen molar-refractivity contribution in [1.82, 2.24) is 16.2 Å². The van der Waals surface area contributed by atoms with E-state index in [1.54, 1.807) is 13.0 Å². The number of hydrazine groups is 1. The Balaban J connectivity index is 1.50. The highest BCUT2D eigenvalue weighted by Gasteiger charge is 2.16. The number of ether oxygens (including phenoxy) is 1. The lowest BCUT2D eigenvalue weighted by Gasteiger charge is -2.16. The molecule has 6 nitrogen and oxygen atoms in total. The van der Waals surface area contributed by atoms with Crippen molar-refractivity contribution < 1.29 is 18.7 Å². The third-order valence-electron chi connectivity index (χ3n) is 4.05. The first-order valence-corrected chi connectivity index (χ1v) is 9.16. The average Bonchev–Trinajstić information content (AvgIpc) is 2.72. The first-order chi connectivity index (χ1) is 13.9. The van der Waals surface area contributed by atoms with Gasteiger partial charge in [-0.1, -0.05) is 42.5 Å². The van der Waals surface area contributed by atoms with Crippen LogP contribution < -0.4 is 20.9 Å². The first-order valence-electron chi connectivity index (χ1n) is 8.75. The summed E-state index contributed by atoms with van der Waals surface area (Å²) in [5, 5.41) is 4.17. The Morgan fingerprint density at radius 2 is 1.66 bits per heavy atom. The molecule has 3 aromatic carbocycles. The Morgan fingerprint density at radius 3 is 2.41 bits per heavy atom. The average molecular weight is 411 g/mol. The minimum absolute atomic E-state index is 0.156. The number of hydrogen-bond donors (Lipinski definition) is 3. The van der Waals surface area contributed by atoms with Crippen LogP contribution in [0.2, 0.25) is 0 Å². The number of fused-ring (bicyclic) bond motifs is 1. The molecular weight excluding hydrogens is 393 g/mol. The van der Waals surface area contributed by atoms with Gasteiger partial charge in [-0.05, 0) is 54.2 Å². The van der Waals surface area contributed by atoms with Crippen LogP contribution in [0.25, 0.3) is 10.8 Å². The van der Waals surface area contributed by atoms with Gasteiger partial charge < -0.3 is 4.74 Å². The molecule has 0 saturated carbocycles. The molecule has 148 valence electrons. The maximum atomic E-state index is 13.6. The van der Waals surface area contributed by atoms with E-state index in [0.29, 0.717) is 5.75 Å². The standard InChI is InChI=1S/C21H18FN3O3S/c1-13(28-16-11-10-14-6-2-3-7-15(14)12-16)19(26)24-25-21(29)23-20(27)17-8-4-5-9-18(17)22/h2-13H,1H3,(H,24,26)(H2,23,25,27,29). The van der Waals surface area contributed by atoms with Gasteiger partial charge in [-0.15, -0.1) is 0 Å². The summed E-state index contributed by atoms with van der Waals surface area (Å²) in [6.07, 6.45) is -0.825. The molecule has 1 unspecified atom stereocenters. The molecule has 8 heteroatoms. The predicted octanol–water partition coefficient (Wildman–Crippen LogP) is 3.08. The van der Waals surface area contributed by atoms with Gasteiger partial charge in [-0.25, -0.2) is 4.39 Å². The van der Waals surface area contributed by atoms with Gasteiger partial charge in [0.1, 0.15) is 11.6 Å². The fraction of sp³-hybridized carbons (Fsp3) is 0.0952. The lowest BCUT2D eigenvalue weighted by atomic mass is 10.1. The molecule has 2 amide bonds. The third kappa shape index (κ3) is 5.26. The number of halogens is 1. The Labute approximate surface area is 172 Å².